The van der Waals surface area contributed by atoms with Gasteiger partial charge in [0.15, 0.2) is 11.5 Å². The van der Waals surface area contributed by atoms with E-state index in [1.165, 1.54) is 11.1 Å². The number of carbonyl (C=O) groups excluding carboxylic acids is 1. The monoisotopic (exact) mass is 397 g/mol. The molecule has 0 spiro atoms. The van der Waals surface area contributed by atoms with E-state index in [1.54, 1.807) is 18.3 Å². The summed E-state index contributed by atoms with van der Waals surface area (Å²) in [6.07, 6.45) is 4.30. The van der Waals surface area contributed by atoms with Crippen molar-refractivity contribution < 1.29 is 4.79 Å². The molecule has 1 amide bonds. The number of hydrogen-bond acceptors (Lipinski definition) is 4. The summed E-state index contributed by atoms with van der Waals surface area (Å²) in [7, 11) is 0. The lowest BCUT2D eigenvalue weighted by Crippen LogP contribution is -2.27. The van der Waals surface area contributed by atoms with Crippen molar-refractivity contribution in [2.45, 2.75) is 19.3 Å². The molecule has 2 aromatic carbocycles. The van der Waals surface area contributed by atoms with Crippen molar-refractivity contribution in [3.8, 4) is 5.82 Å². The first kappa shape index (κ1) is 19.5. The van der Waals surface area contributed by atoms with E-state index in [-0.39, 0.29) is 11.8 Å². The Balaban J connectivity index is 1.41. The zero-order valence-electron chi connectivity index (χ0n) is 16.8. The van der Waals surface area contributed by atoms with E-state index in [1.807, 2.05) is 54.1 Å². The number of hydrogen-bond donors (Lipinski definition) is 1. The van der Waals surface area contributed by atoms with E-state index in [0.29, 0.717) is 18.1 Å². The highest BCUT2D eigenvalue weighted by atomic mass is 16.1. The van der Waals surface area contributed by atoms with Crippen molar-refractivity contribution in [1.82, 2.24) is 25.1 Å². The van der Waals surface area contributed by atoms with E-state index in [9.17, 15) is 4.79 Å². The molecule has 0 radical (unpaired) electrons. The van der Waals surface area contributed by atoms with Crippen LogP contribution in [0.5, 0.6) is 0 Å². The number of rotatable bonds is 7. The lowest BCUT2D eigenvalue weighted by atomic mass is 9.88. The zero-order valence-corrected chi connectivity index (χ0v) is 16.8. The van der Waals surface area contributed by atoms with Crippen LogP contribution in [0.25, 0.3) is 5.82 Å². The normalized spacial score (nSPS) is 10.9. The Morgan fingerprint density at radius 3 is 2.13 bits per heavy atom. The Hall–Kier alpha value is -3.80. The standard InChI is InChI=1S/C24H23N5O/c1-18-25-16-17-29(18)23-13-12-22(27-28-23)24(30)26-15-14-21(19-8-4-2-5-9-19)20-10-6-3-7-11-20/h2-13,16-17,21H,14-15H2,1H3,(H,26,30). The molecule has 0 aliphatic heterocycles. The SMILES string of the molecule is Cc1nccn1-c1ccc(C(=O)NCCC(c2ccccc2)c2ccccc2)nn1. The smallest absolute Gasteiger partial charge is 0.271 e. The van der Waals surface area contributed by atoms with E-state index in [0.717, 1.165) is 12.2 Å². The minimum Gasteiger partial charge on any atom is -0.351 e. The summed E-state index contributed by atoms with van der Waals surface area (Å²) in [5.41, 5.74) is 2.77. The van der Waals surface area contributed by atoms with E-state index in [2.05, 4.69) is 44.8 Å². The van der Waals surface area contributed by atoms with Gasteiger partial charge in [0.1, 0.15) is 5.82 Å². The largest absolute Gasteiger partial charge is 0.351 e. The highest BCUT2D eigenvalue weighted by Gasteiger charge is 2.15. The molecule has 0 aliphatic rings. The minimum atomic E-state index is -0.226. The summed E-state index contributed by atoms with van der Waals surface area (Å²) < 4.78 is 1.82. The number of amides is 1. The van der Waals surface area contributed by atoms with Gasteiger partial charge in [-0.3, -0.25) is 9.36 Å². The average Bonchev–Trinajstić information content (AvgIpc) is 3.23. The molecule has 150 valence electrons. The van der Waals surface area contributed by atoms with Gasteiger partial charge in [-0.1, -0.05) is 60.7 Å². The Labute approximate surface area is 175 Å². The van der Waals surface area contributed by atoms with Crippen LogP contribution in [0.4, 0.5) is 0 Å². The molecular weight excluding hydrogens is 374 g/mol. The van der Waals surface area contributed by atoms with Crippen LogP contribution in [-0.2, 0) is 0 Å². The Bertz CT molecular complexity index is 1050. The van der Waals surface area contributed by atoms with Gasteiger partial charge in [0, 0.05) is 24.9 Å². The van der Waals surface area contributed by atoms with E-state index in [4.69, 9.17) is 0 Å². The maximum atomic E-state index is 12.5. The van der Waals surface area contributed by atoms with Gasteiger partial charge in [0.2, 0.25) is 0 Å². The minimum absolute atomic E-state index is 0.213. The van der Waals surface area contributed by atoms with Crippen LogP contribution in [0.3, 0.4) is 0 Å². The third kappa shape index (κ3) is 4.43. The molecule has 1 N–H and O–H groups in total. The topological polar surface area (TPSA) is 72.7 Å². The Morgan fingerprint density at radius 2 is 1.60 bits per heavy atom. The fourth-order valence-electron chi connectivity index (χ4n) is 3.51. The second-order valence-electron chi connectivity index (χ2n) is 7.04. The van der Waals surface area contributed by atoms with Crippen LogP contribution in [0, 0.1) is 6.92 Å². The number of nitrogens with zero attached hydrogens (tertiary/aromatic N) is 4. The maximum Gasteiger partial charge on any atom is 0.271 e. The van der Waals surface area contributed by atoms with Gasteiger partial charge in [-0.2, -0.15) is 0 Å². The fourth-order valence-corrected chi connectivity index (χ4v) is 3.51. The highest BCUT2D eigenvalue weighted by molar-refractivity contribution is 5.92. The Kier molecular flexibility index (Phi) is 5.94. The van der Waals surface area contributed by atoms with Crippen LogP contribution in [-0.4, -0.2) is 32.2 Å². The summed E-state index contributed by atoms with van der Waals surface area (Å²) >= 11 is 0. The average molecular weight is 397 g/mol. The molecule has 30 heavy (non-hydrogen) atoms. The predicted octanol–water partition coefficient (Wildman–Crippen LogP) is 3.92. The van der Waals surface area contributed by atoms with Crippen molar-refractivity contribution in [2.24, 2.45) is 0 Å². The summed E-state index contributed by atoms with van der Waals surface area (Å²) in [6, 6.07) is 24.2. The quantitative estimate of drug-likeness (QED) is 0.513. The molecule has 0 unspecified atom stereocenters. The molecule has 2 aromatic heterocycles. The molecule has 4 aromatic rings. The lowest BCUT2D eigenvalue weighted by molar-refractivity contribution is 0.0947. The molecule has 4 rings (SSSR count). The summed E-state index contributed by atoms with van der Waals surface area (Å²) in [5, 5.41) is 11.2. The van der Waals surface area contributed by atoms with Gasteiger partial charge in [-0.25, -0.2) is 4.98 Å². The zero-order chi connectivity index (χ0) is 20.8. The highest BCUT2D eigenvalue weighted by Crippen LogP contribution is 2.27. The number of benzene rings is 2. The lowest BCUT2D eigenvalue weighted by Gasteiger charge is -2.18. The summed E-state index contributed by atoms with van der Waals surface area (Å²) in [4.78, 5) is 16.7. The third-order valence-corrected chi connectivity index (χ3v) is 5.08. The third-order valence-electron chi connectivity index (χ3n) is 5.08. The van der Waals surface area contributed by atoms with Crippen molar-refractivity contribution in [3.63, 3.8) is 0 Å². The van der Waals surface area contributed by atoms with Gasteiger partial charge in [0.05, 0.1) is 0 Å². The summed E-state index contributed by atoms with van der Waals surface area (Å²) in [5.74, 6) is 1.44. The first-order chi connectivity index (χ1) is 14.7. The second kappa shape index (κ2) is 9.13. The first-order valence-electron chi connectivity index (χ1n) is 9.94. The van der Waals surface area contributed by atoms with Crippen LogP contribution in [0.2, 0.25) is 0 Å². The van der Waals surface area contributed by atoms with Crippen LogP contribution in [0.1, 0.15) is 39.8 Å². The van der Waals surface area contributed by atoms with Crippen molar-refractivity contribution >= 4 is 5.91 Å². The molecule has 0 fully saturated rings. The van der Waals surface area contributed by atoms with E-state index < -0.39 is 0 Å². The van der Waals surface area contributed by atoms with Crippen LogP contribution >= 0.6 is 0 Å². The molecule has 6 nitrogen and oxygen atoms in total. The van der Waals surface area contributed by atoms with Crippen molar-refractivity contribution in [1.29, 1.82) is 0 Å². The Morgan fingerprint density at radius 1 is 0.933 bits per heavy atom. The first-order valence-corrected chi connectivity index (χ1v) is 9.94. The van der Waals surface area contributed by atoms with Gasteiger partial charge in [-0.05, 0) is 36.6 Å². The molecule has 0 bridgehead atoms. The molecule has 0 atom stereocenters. The number of aromatic nitrogens is 4. The number of nitrogens with one attached hydrogen (secondary N) is 1. The van der Waals surface area contributed by atoms with Crippen LogP contribution in [0.15, 0.2) is 85.2 Å². The van der Waals surface area contributed by atoms with Crippen molar-refractivity contribution in [2.75, 3.05) is 6.54 Å². The number of imidazole rings is 1. The maximum absolute atomic E-state index is 12.5. The van der Waals surface area contributed by atoms with E-state index >= 15 is 0 Å². The molecular formula is C24H23N5O. The van der Waals surface area contributed by atoms with Crippen molar-refractivity contribution in [3.05, 3.63) is 108 Å². The van der Waals surface area contributed by atoms with Crippen LogP contribution < -0.4 is 5.32 Å². The molecule has 0 aliphatic carbocycles. The van der Waals surface area contributed by atoms with Gasteiger partial charge in [-0.15, -0.1) is 10.2 Å². The summed E-state index contributed by atoms with van der Waals surface area (Å²) in [6.45, 7) is 2.43. The molecule has 2 heterocycles. The number of carbonyl (C=O) groups is 1. The molecule has 0 saturated carbocycles. The van der Waals surface area contributed by atoms with Gasteiger partial charge >= 0.3 is 0 Å². The fraction of sp³-hybridized carbons (Fsp3) is 0.167. The second-order valence-corrected chi connectivity index (χ2v) is 7.04. The predicted molar refractivity (Wildman–Crippen MR) is 116 cm³/mol. The molecule has 0 saturated heterocycles. The van der Waals surface area contributed by atoms with Gasteiger partial charge in [0.25, 0.3) is 5.91 Å². The molecule has 6 heteroatoms. The number of aryl methyl sites for hydroxylation is 1. The van der Waals surface area contributed by atoms with Gasteiger partial charge < -0.3 is 5.32 Å².